The molecule has 2 N–H and O–H groups in total. The van der Waals surface area contributed by atoms with Gasteiger partial charge in [-0.3, -0.25) is 4.79 Å². The maximum atomic E-state index is 11.6. The molecule has 23 heavy (non-hydrogen) atoms. The summed E-state index contributed by atoms with van der Waals surface area (Å²) in [5, 5.41) is 17.9. The van der Waals surface area contributed by atoms with Crippen molar-refractivity contribution >= 4 is 5.78 Å². The van der Waals surface area contributed by atoms with Gasteiger partial charge in [0.1, 0.15) is 5.78 Å². The molecule has 0 fully saturated rings. The highest BCUT2D eigenvalue weighted by atomic mass is 16.3. The second kappa shape index (κ2) is 17.9. The fourth-order valence-corrected chi connectivity index (χ4v) is 2.88. The van der Waals surface area contributed by atoms with Gasteiger partial charge in [0.15, 0.2) is 0 Å². The molecule has 0 aliphatic carbocycles. The van der Waals surface area contributed by atoms with Crippen molar-refractivity contribution in [2.24, 2.45) is 0 Å². The number of aliphatic hydroxyl groups is 2. The number of ketones is 1. The average molecular weight is 329 g/mol. The van der Waals surface area contributed by atoms with E-state index in [0.717, 1.165) is 12.8 Å². The standard InChI is InChI=1S/C20H40O3/c1-2-3-4-5-6-7-8-9-10-11-12-13-14-15-19(22)16-17-20(23)18-21/h20-21,23H,2-18H2,1H3. The first-order valence-electron chi connectivity index (χ1n) is 10.0. The van der Waals surface area contributed by atoms with Crippen LogP contribution in [0.3, 0.4) is 0 Å². The Labute approximate surface area is 143 Å². The van der Waals surface area contributed by atoms with Crippen LogP contribution >= 0.6 is 0 Å². The largest absolute Gasteiger partial charge is 0.394 e. The molecule has 0 aliphatic heterocycles. The molecule has 3 nitrogen and oxygen atoms in total. The molecule has 0 heterocycles. The Balaban J connectivity index is 3.14. The van der Waals surface area contributed by atoms with E-state index in [2.05, 4.69) is 6.92 Å². The van der Waals surface area contributed by atoms with Gasteiger partial charge in [0, 0.05) is 12.8 Å². The number of rotatable bonds is 18. The zero-order valence-corrected chi connectivity index (χ0v) is 15.4. The molecule has 0 aliphatic rings. The van der Waals surface area contributed by atoms with E-state index in [1.54, 1.807) is 0 Å². The fourth-order valence-electron chi connectivity index (χ4n) is 2.88. The Morgan fingerprint density at radius 1 is 0.739 bits per heavy atom. The Kier molecular flexibility index (Phi) is 17.6. The molecular weight excluding hydrogens is 288 g/mol. The Bertz CT molecular complexity index is 253. The fraction of sp³-hybridized carbons (Fsp3) is 0.950. The van der Waals surface area contributed by atoms with E-state index in [1.807, 2.05) is 0 Å². The van der Waals surface area contributed by atoms with Gasteiger partial charge in [-0.1, -0.05) is 84.0 Å². The lowest BCUT2D eigenvalue weighted by Gasteiger charge is -2.06. The highest BCUT2D eigenvalue weighted by Gasteiger charge is 2.06. The monoisotopic (exact) mass is 328 g/mol. The number of hydrogen-bond donors (Lipinski definition) is 2. The van der Waals surface area contributed by atoms with Gasteiger partial charge >= 0.3 is 0 Å². The summed E-state index contributed by atoms with van der Waals surface area (Å²) in [5.74, 6) is 0.223. The molecule has 0 amide bonds. The molecule has 0 aromatic rings. The highest BCUT2D eigenvalue weighted by molar-refractivity contribution is 5.78. The number of Topliss-reactive ketones (excluding diaryl/α,β-unsaturated/α-hetero) is 1. The molecule has 0 bridgehead atoms. The summed E-state index contributed by atoms with van der Waals surface area (Å²) in [6.07, 6.45) is 17.8. The summed E-state index contributed by atoms with van der Waals surface area (Å²) in [6, 6.07) is 0. The van der Waals surface area contributed by atoms with E-state index in [4.69, 9.17) is 5.11 Å². The van der Waals surface area contributed by atoms with Crippen LogP contribution in [0.15, 0.2) is 0 Å². The van der Waals surface area contributed by atoms with E-state index in [1.165, 1.54) is 70.6 Å². The predicted molar refractivity (Wildman–Crippen MR) is 97.6 cm³/mol. The van der Waals surface area contributed by atoms with Crippen LogP contribution in [0.4, 0.5) is 0 Å². The number of unbranched alkanes of at least 4 members (excludes halogenated alkanes) is 12. The van der Waals surface area contributed by atoms with Crippen molar-refractivity contribution in [3.63, 3.8) is 0 Å². The van der Waals surface area contributed by atoms with Crippen molar-refractivity contribution in [2.75, 3.05) is 6.61 Å². The van der Waals surface area contributed by atoms with Crippen LogP contribution in [0.25, 0.3) is 0 Å². The van der Waals surface area contributed by atoms with Crippen molar-refractivity contribution in [3.8, 4) is 0 Å². The van der Waals surface area contributed by atoms with Gasteiger partial charge in [-0.15, -0.1) is 0 Å². The maximum absolute atomic E-state index is 11.6. The van der Waals surface area contributed by atoms with Crippen LogP contribution in [-0.2, 0) is 4.79 Å². The second-order valence-electron chi connectivity index (χ2n) is 6.91. The normalized spacial score (nSPS) is 12.5. The number of carbonyl (C=O) groups is 1. The molecule has 0 aromatic heterocycles. The van der Waals surface area contributed by atoms with Gasteiger partial charge in [-0.25, -0.2) is 0 Å². The van der Waals surface area contributed by atoms with Gasteiger partial charge < -0.3 is 10.2 Å². The van der Waals surface area contributed by atoms with E-state index >= 15 is 0 Å². The number of carbonyl (C=O) groups excluding carboxylic acids is 1. The lowest BCUT2D eigenvalue weighted by Crippen LogP contribution is -2.13. The number of hydrogen-bond acceptors (Lipinski definition) is 3. The quantitative estimate of drug-likeness (QED) is 0.341. The highest BCUT2D eigenvalue weighted by Crippen LogP contribution is 2.13. The lowest BCUT2D eigenvalue weighted by atomic mass is 10.0. The topological polar surface area (TPSA) is 57.5 Å². The SMILES string of the molecule is CCCCCCCCCCCCCCCC(=O)CCC(O)CO. The van der Waals surface area contributed by atoms with Crippen LogP contribution in [-0.4, -0.2) is 28.7 Å². The summed E-state index contributed by atoms with van der Waals surface area (Å²) < 4.78 is 0. The van der Waals surface area contributed by atoms with Crippen molar-refractivity contribution in [1.29, 1.82) is 0 Å². The summed E-state index contributed by atoms with van der Waals surface area (Å²) in [5.41, 5.74) is 0. The van der Waals surface area contributed by atoms with Crippen LogP contribution in [0.2, 0.25) is 0 Å². The molecule has 3 heteroatoms. The summed E-state index contributed by atoms with van der Waals surface area (Å²) in [6.45, 7) is 2.02. The third-order valence-electron chi connectivity index (χ3n) is 4.53. The molecule has 0 spiro atoms. The Morgan fingerprint density at radius 3 is 1.61 bits per heavy atom. The van der Waals surface area contributed by atoms with Crippen LogP contribution in [0.5, 0.6) is 0 Å². The zero-order valence-electron chi connectivity index (χ0n) is 15.4. The van der Waals surface area contributed by atoms with Crippen molar-refractivity contribution < 1.29 is 15.0 Å². The van der Waals surface area contributed by atoms with Crippen LogP contribution < -0.4 is 0 Å². The number of aliphatic hydroxyl groups excluding tert-OH is 2. The third kappa shape index (κ3) is 17.8. The molecule has 0 rings (SSSR count). The predicted octanol–water partition coefficient (Wildman–Crippen LogP) is 5.17. The first-order chi connectivity index (χ1) is 11.2. The minimum atomic E-state index is -0.731. The zero-order chi connectivity index (χ0) is 17.2. The Morgan fingerprint density at radius 2 is 1.17 bits per heavy atom. The van der Waals surface area contributed by atoms with E-state index in [0.29, 0.717) is 19.3 Å². The molecule has 1 unspecified atom stereocenters. The molecule has 0 saturated carbocycles. The van der Waals surface area contributed by atoms with Gasteiger partial charge in [-0.05, 0) is 12.8 Å². The minimum absolute atomic E-state index is 0.223. The smallest absolute Gasteiger partial charge is 0.133 e. The van der Waals surface area contributed by atoms with Crippen LogP contribution in [0.1, 0.15) is 110 Å². The summed E-state index contributed by atoms with van der Waals surface area (Å²) in [7, 11) is 0. The summed E-state index contributed by atoms with van der Waals surface area (Å²) in [4.78, 5) is 11.6. The van der Waals surface area contributed by atoms with Gasteiger partial charge in [0.25, 0.3) is 0 Å². The molecular formula is C20H40O3. The molecule has 138 valence electrons. The third-order valence-corrected chi connectivity index (χ3v) is 4.53. The molecule has 0 radical (unpaired) electrons. The van der Waals surface area contributed by atoms with Gasteiger partial charge in [-0.2, -0.15) is 0 Å². The average Bonchev–Trinajstić information content (AvgIpc) is 2.56. The van der Waals surface area contributed by atoms with Crippen molar-refractivity contribution in [2.45, 2.75) is 116 Å². The van der Waals surface area contributed by atoms with E-state index in [-0.39, 0.29) is 12.4 Å². The summed E-state index contributed by atoms with van der Waals surface area (Å²) >= 11 is 0. The van der Waals surface area contributed by atoms with Crippen LogP contribution in [0, 0.1) is 0 Å². The molecule has 1 atom stereocenters. The first kappa shape index (κ1) is 22.6. The molecule has 0 saturated heterocycles. The maximum Gasteiger partial charge on any atom is 0.133 e. The van der Waals surface area contributed by atoms with E-state index in [9.17, 15) is 9.90 Å². The first-order valence-corrected chi connectivity index (χ1v) is 10.0. The van der Waals surface area contributed by atoms with Gasteiger partial charge in [0.2, 0.25) is 0 Å². The van der Waals surface area contributed by atoms with Crippen molar-refractivity contribution in [1.82, 2.24) is 0 Å². The lowest BCUT2D eigenvalue weighted by molar-refractivity contribution is -0.119. The minimum Gasteiger partial charge on any atom is -0.394 e. The second-order valence-corrected chi connectivity index (χ2v) is 6.91. The van der Waals surface area contributed by atoms with Gasteiger partial charge in [0.05, 0.1) is 12.7 Å². The Hall–Kier alpha value is -0.410. The van der Waals surface area contributed by atoms with Crippen molar-refractivity contribution in [3.05, 3.63) is 0 Å². The molecule has 0 aromatic carbocycles. The van der Waals surface area contributed by atoms with E-state index < -0.39 is 6.10 Å².